The Kier molecular flexibility index (Phi) is 5.74. The molecular weight excluding hydrogens is 384 g/mol. The van der Waals surface area contributed by atoms with Crippen LogP contribution in [-0.2, 0) is 4.79 Å². The number of pyridine rings is 1. The highest BCUT2D eigenvalue weighted by Gasteiger charge is 2.14. The molecule has 0 saturated carbocycles. The Labute approximate surface area is 165 Å². The number of carbonyl (C=O) groups excluding carboxylic acids is 1. The smallest absolute Gasteiger partial charge is 0.234 e. The predicted octanol–water partition coefficient (Wildman–Crippen LogP) is 3.54. The second-order valence-electron chi connectivity index (χ2n) is 5.71. The van der Waals surface area contributed by atoms with Crippen molar-refractivity contribution in [2.24, 2.45) is 0 Å². The van der Waals surface area contributed by atoms with Crippen molar-refractivity contribution >= 4 is 35.0 Å². The number of hydrogen-bond acceptors (Lipinski definition) is 6. The second kappa shape index (κ2) is 8.20. The highest BCUT2D eigenvalue weighted by Crippen LogP contribution is 2.26. The molecule has 0 radical (unpaired) electrons. The van der Waals surface area contributed by atoms with Crippen LogP contribution < -0.4 is 5.32 Å². The maximum absolute atomic E-state index is 12.5. The van der Waals surface area contributed by atoms with E-state index < -0.39 is 0 Å². The lowest BCUT2D eigenvalue weighted by molar-refractivity contribution is -0.113. The highest BCUT2D eigenvalue weighted by molar-refractivity contribution is 8.00. The van der Waals surface area contributed by atoms with Crippen LogP contribution in [0.25, 0.3) is 5.69 Å². The van der Waals surface area contributed by atoms with Gasteiger partial charge >= 0.3 is 0 Å². The molecule has 27 heavy (non-hydrogen) atoms. The molecule has 2 heterocycles. The third kappa shape index (κ3) is 4.45. The molecule has 0 spiro atoms. The summed E-state index contributed by atoms with van der Waals surface area (Å²) in [5, 5.41) is 17.3. The quantitative estimate of drug-likeness (QED) is 0.660. The summed E-state index contributed by atoms with van der Waals surface area (Å²) in [6, 6.07) is 9.10. The zero-order valence-corrected chi connectivity index (χ0v) is 16.2. The molecule has 9 heteroatoms. The maximum atomic E-state index is 12.5. The number of benzene rings is 1. The fourth-order valence-corrected chi connectivity index (χ4v) is 3.58. The van der Waals surface area contributed by atoms with Crippen molar-refractivity contribution < 1.29 is 4.79 Å². The van der Waals surface area contributed by atoms with Crippen LogP contribution in [0, 0.1) is 25.2 Å². The van der Waals surface area contributed by atoms with E-state index in [1.165, 1.54) is 24.4 Å². The molecule has 0 bridgehead atoms. The summed E-state index contributed by atoms with van der Waals surface area (Å²) in [6.45, 7) is 3.71. The molecule has 1 aromatic carbocycles. The highest BCUT2D eigenvalue weighted by atomic mass is 35.5. The van der Waals surface area contributed by atoms with E-state index in [1.54, 1.807) is 22.9 Å². The van der Waals surface area contributed by atoms with Gasteiger partial charge < -0.3 is 5.32 Å². The number of nitrogens with zero attached hydrogens (tertiary/aromatic N) is 5. The van der Waals surface area contributed by atoms with Crippen LogP contribution in [0.15, 0.2) is 41.9 Å². The van der Waals surface area contributed by atoms with Crippen molar-refractivity contribution in [1.82, 2.24) is 19.7 Å². The minimum atomic E-state index is -0.242. The zero-order chi connectivity index (χ0) is 19.4. The molecule has 1 amide bonds. The third-order valence-electron chi connectivity index (χ3n) is 3.66. The second-order valence-corrected chi connectivity index (χ2v) is 7.11. The van der Waals surface area contributed by atoms with E-state index in [-0.39, 0.29) is 11.7 Å². The summed E-state index contributed by atoms with van der Waals surface area (Å²) in [5.74, 6) is -0.137. The van der Waals surface area contributed by atoms with Gasteiger partial charge in [0.2, 0.25) is 5.91 Å². The molecule has 0 saturated heterocycles. The number of amides is 1. The lowest BCUT2D eigenvalue weighted by Crippen LogP contribution is -2.16. The lowest BCUT2D eigenvalue weighted by Gasteiger charge is -2.12. The van der Waals surface area contributed by atoms with Gasteiger partial charge in [-0.3, -0.25) is 4.79 Å². The number of hydrogen-bond donors (Lipinski definition) is 1. The van der Waals surface area contributed by atoms with Crippen LogP contribution in [0.4, 0.5) is 5.69 Å². The van der Waals surface area contributed by atoms with Crippen molar-refractivity contribution in [2.75, 3.05) is 11.1 Å². The standard InChI is InChI=1S/C18H15ClN6OS/c1-11-5-12(2)23-18(14(11)7-20)27-8-17(26)24-15-6-13(19)3-4-16(15)25-10-21-9-22-25/h3-6,9-10H,8H2,1-2H3,(H,24,26). The van der Waals surface area contributed by atoms with Crippen molar-refractivity contribution in [1.29, 1.82) is 5.26 Å². The molecule has 0 aliphatic carbocycles. The Hall–Kier alpha value is -2.89. The number of nitriles is 1. The number of aryl methyl sites for hydroxylation is 2. The van der Waals surface area contributed by atoms with Gasteiger partial charge in [0.1, 0.15) is 23.7 Å². The van der Waals surface area contributed by atoms with E-state index >= 15 is 0 Å². The minimum absolute atomic E-state index is 0.105. The number of carbonyl (C=O) groups is 1. The molecule has 136 valence electrons. The molecule has 0 unspecified atom stereocenters. The van der Waals surface area contributed by atoms with E-state index in [0.29, 0.717) is 27.0 Å². The first kappa shape index (κ1) is 18.9. The molecular formula is C18H15ClN6OS. The van der Waals surface area contributed by atoms with Crippen molar-refractivity contribution in [3.8, 4) is 11.8 Å². The zero-order valence-electron chi connectivity index (χ0n) is 14.6. The Morgan fingerprint density at radius 2 is 2.19 bits per heavy atom. The summed E-state index contributed by atoms with van der Waals surface area (Å²) < 4.78 is 1.54. The van der Waals surface area contributed by atoms with Crippen LogP contribution in [-0.4, -0.2) is 31.4 Å². The van der Waals surface area contributed by atoms with Crippen molar-refractivity contribution in [3.63, 3.8) is 0 Å². The van der Waals surface area contributed by atoms with Crippen LogP contribution in [0.1, 0.15) is 16.8 Å². The number of rotatable bonds is 5. The number of thioether (sulfide) groups is 1. The first-order valence-corrected chi connectivity index (χ1v) is 9.30. The normalized spacial score (nSPS) is 10.4. The van der Waals surface area contributed by atoms with E-state index in [9.17, 15) is 10.1 Å². The van der Waals surface area contributed by atoms with E-state index in [4.69, 9.17) is 11.6 Å². The molecule has 0 fully saturated rings. The average molecular weight is 399 g/mol. The van der Waals surface area contributed by atoms with Crippen LogP contribution in [0.5, 0.6) is 0 Å². The lowest BCUT2D eigenvalue weighted by atomic mass is 10.1. The Balaban J connectivity index is 1.76. The van der Waals surface area contributed by atoms with Crippen molar-refractivity contribution in [2.45, 2.75) is 18.9 Å². The summed E-state index contributed by atoms with van der Waals surface area (Å²) in [4.78, 5) is 20.7. The molecule has 0 aliphatic heterocycles. The fourth-order valence-electron chi connectivity index (χ4n) is 2.50. The Bertz CT molecular complexity index is 1030. The van der Waals surface area contributed by atoms with Gasteiger partial charge in [0.25, 0.3) is 0 Å². The fraction of sp³-hybridized carbons (Fsp3) is 0.167. The summed E-state index contributed by atoms with van der Waals surface area (Å²) in [6.07, 6.45) is 2.94. The molecule has 0 atom stereocenters. The number of aromatic nitrogens is 4. The van der Waals surface area contributed by atoms with Gasteiger partial charge in [-0.2, -0.15) is 10.4 Å². The molecule has 2 aromatic heterocycles. The molecule has 3 rings (SSSR count). The van der Waals surface area contributed by atoms with Crippen LogP contribution >= 0.6 is 23.4 Å². The van der Waals surface area contributed by atoms with Crippen LogP contribution in [0.3, 0.4) is 0 Å². The summed E-state index contributed by atoms with van der Waals surface area (Å²) in [5.41, 5.74) is 3.31. The minimum Gasteiger partial charge on any atom is -0.323 e. The van der Waals surface area contributed by atoms with Gasteiger partial charge in [-0.05, 0) is 43.7 Å². The predicted molar refractivity (Wildman–Crippen MR) is 104 cm³/mol. The van der Waals surface area contributed by atoms with Gasteiger partial charge in [-0.25, -0.2) is 14.6 Å². The topological polar surface area (TPSA) is 96.5 Å². The van der Waals surface area contributed by atoms with E-state index in [1.807, 2.05) is 19.9 Å². The summed E-state index contributed by atoms with van der Waals surface area (Å²) in [7, 11) is 0. The van der Waals surface area contributed by atoms with Gasteiger partial charge in [0.05, 0.1) is 22.7 Å². The van der Waals surface area contributed by atoms with E-state index in [2.05, 4.69) is 26.5 Å². The molecule has 7 nitrogen and oxygen atoms in total. The first-order chi connectivity index (χ1) is 13.0. The van der Waals surface area contributed by atoms with E-state index in [0.717, 1.165) is 11.3 Å². The maximum Gasteiger partial charge on any atom is 0.234 e. The van der Waals surface area contributed by atoms with Crippen LogP contribution in [0.2, 0.25) is 5.02 Å². The van der Waals surface area contributed by atoms with Crippen molar-refractivity contribution in [3.05, 3.63) is 58.8 Å². The largest absolute Gasteiger partial charge is 0.323 e. The first-order valence-electron chi connectivity index (χ1n) is 7.93. The molecule has 0 aliphatic rings. The molecule has 1 N–H and O–H groups in total. The third-order valence-corrected chi connectivity index (χ3v) is 4.87. The van der Waals surface area contributed by atoms with Gasteiger partial charge in [-0.15, -0.1) is 0 Å². The molecule has 3 aromatic rings. The van der Waals surface area contributed by atoms with Gasteiger partial charge in [0, 0.05) is 10.7 Å². The average Bonchev–Trinajstić information content (AvgIpc) is 3.14. The Morgan fingerprint density at radius 3 is 2.89 bits per heavy atom. The number of halogens is 1. The number of nitrogens with one attached hydrogen (secondary N) is 1. The van der Waals surface area contributed by atoms with Gasteiger partial charge in [-0.1, -0.05) is 23.4 Å². The van der Waals surface area contributed by atoms with Gasteiger partial charge in [0.15, 0.2) is 0 Å². The summed E-state index contributed by atoms with van der Waals surface area (Å²) >= 11 is 7.28. The number of anilines is 1. The Morgan fingerprint density at radius 1 is 1.37 bits per heavy atom. The monoisotopic (exact) mass is 398 g/mol. The SMILES string of the molecule is Cc1cc(C)c(C#N)c(SCC(=O)Nc2cc(Cl)ccc2-n2cncn2)n1.